The van der Waals surface area contributed by atoms with Crippen LogP contribution in [-0.4, -0.2) is 9.13 Å². The lowest BCUT2D eigenvalue weighted by molar-refractivity contribution is 0.769. The number of para-hydroxylation sites is 2. The van der Waals surface area contributed by atoms with Crippen LogP contribution in [0, 0.1) is 0 Å². The van der Waals surface area contributed by atoms with Gasteiger partial charge >= 0.3 is 0 Å². The second kappa shape index (κ2) is 23.8. The molecule has 2 nitrogen and oxygen atoms in total. The SMILES string of the molecule is c1ccc(-c2ccc(C3(c4cccc(-c5ccc(-c6cccc(-n7c8ccccc8c8cc(-c9ccc%10c(c9)c9ccccc9n%10-c9ccc(-c%10ccc(-c%11cccc(-c%12cccc(-c%13ccccc%13)c%12)c%11)cc%10)cc9)ccc87)c6)cc5)c4)c4ccccc4-c4ccccc43)cc2)cc1. The van der Waals surface area contributed by atoms with E-state index < -0.39 is 5.41 Å². The average molecular weight is 1260 g/mol. The summed E-state index contributed by atoms with van der Waals surface area (Å²) >= 11 is 0. The number of nitrogens with zero attached hydrogens (tertiary/aromatic N) is 2. The minimum Gasteiger partial charge on any atom is -0.309 e. The molecule has 0 radical (unpaired) electrons. The first-order valence-corrected chi connectivity index (χ1v) is 34.3. The first-order valence-electron chi connectivity index (χ1n) is 34.3. The van der Waals surface area contributed by atoms with E-state index >= 15 is 0 Å². The zero-order chi connectivity index (χ0) is 65.4. The lowest BCUT2D eigenvalue weighted by atomic mass is 9.67. The van der Waals surface area contributed by atoms with Crippen molar-refractivity contribution < 1.29 is 0 Å². The van der Waals surface area contributed by atoms with Crippen LogP contribution in [0.5, 0.6) is 0 Å². The molecule has 99 heavy (non-hydrogen) atoms. The largest absolute Gasteiger partial charge is 0.309 e. The van der Waals surface area contributed by atoms with Gasteiger partial charge in [-0.3, -0.25) is 0 Å². The standard InChI is InChI=1S/C97H64N2/c1-3-19-65(20-4-1)68-47-53-81(54-48-68)97(91-35-11-7-31-85(91)86-32-8-12-36-92(86)97)82-29-17-27-77(61-82)71-43-45-72(46-44-71)78-28-18-30-84(62-78)99-94-38-14-10-34-88(94)90-64-80(52-58-96(90)99)79-51-57-95-89(63-79)87-33-9-13-37-93(87)98(95)83-55-49-69(50-56-83)67-39-41-70(42-40-67)74-24-16-26-76(60-74)75-25-15-23-73(59-75)66-21-5-2-6-22-66/h1-64H. The van der Waals surface area contributed by atoms with Gasteiger partial charge in [0.25, 0.3) is 0 Å². The summed E-state index contributed by atoms with van der Waals surface area (Å²) in [5.41, 5.74) is 33.3. The normalized spacial score (nSPS) is 12.3. The van der Waals surface area contributed by atoms with Crippen molar-refractivity contribution in [3.8, 4) is 112 Å². The van der Waals surface area contributed by atoms with E-state index in [9.17, 15) is 0 Å². The Labute approximate surface area is 576 Å². The summed E-state index contributed by atoms with van der Waals surface area (Å²) < 4.78 is 4.85. The zero-order valence-electron chi connectivity index (χ0n) is 54.3. The predicted molar refractivity (Wildman–Crippen MR) is 416 cm³/mol. The Morgan fingerprint density at radius 3 is 0.980 bits per heavy atom. The molecule has 462 valence electrons. The van der Waals surface area contributed by atoms with Crippen molar-refractivity contribution in [3.05, 3.63) is 411 Å². The molecule has 18 aromatic rings. The van der Waals surface area contributed by atoms with Crippen molar-refractivity contribution >= 4 is 43.6 Å². The van der Waals surface area contributed by atoms with Gasteiger partial charge in [0.15, 0.2) is 0 Å². The van der Waals surface area contributed by atoms with Crippen molar-refractivity contribution in [2.75, 3.05) is 0 Å². The molecular weight excluding hydrogens is 1190 g/mol. The molecule has 0 saturated carbocycles. The van der Waals surface area contributed by atoms with E-state index in [0.29, 0.717) is 0 Å². The Balaban J connectivity index is 0.603. The quantitative estimate of drug-likeness (QED) is 0.115. The molecule has 0 atom stereocenters. The molecule has 2 heterocycles. The molecule has 0 aliphatic heterocycles. The van der Waals surface area contributed by atoms with E-state index in [2.05, 4.69) is 397 Å². The van der Waals surface area contributed by atoms with Crippen molar-refractivity contribution in [3.63, 3.8) is 0 Å². The molecule has 2 heteroatoms. The monoisotopic (exact) mass is 1260 g/mol. The maximum Gasteiger partial charge on any atom is 0.0713 e. The first-order chi connectivity index (χ1) is 49.1. The van der Waals surface area contributed by atoms with E-state index in [1.165, 1.54) is 166 Å². The summed E-state index contributed by atoms with van der Waals surface area (Å²) in [6, 6.07) is 144. The molecule has 0 fully saturated rings. The molecule has 0 spiro atoms. The zero-order valence-corrected chi connectivity index (χ0v) is 54.3. The van der Waals surface area contributed by atoms with Crippen LogP contribution in [-0.2, 0) is 5.41 Å². The van der Waals surface area contributed by atoms with Crippen molar-refractivity contribution in [1.29, 1.82) is 0 Å². The minimum atomic E-state index is -0.508. The van der Waals surface area contributed by atoms with Gasteiger partial charge in [-0.15, -0.1) is 0 Å². The second-order valence-corrected chi connectivity index (χ2v) is 26.3. The first kappa shape index (κ1) is 57.6. The van der Waals surface area contributed by atoms with E-state index in [-0.39, 0.29) is 0 Å². The van der Waals surface area contributed by atoms with Gasteiger partial charge in [0.2, 0.25) is 0 Å². The Kier molecular flexibility index (Phi) is 13.8. The Morgan fingerprint density at radius 2 is 0.475 bits per heavy atom. The second-order valence-electron chi connectivity index (χ2n) is 26.3. The van der Waals surface area contributed by atoms with Crippen LogP contribution in [0.4, 0.5) is 0 Å². The maximum atomic E-state index is 2.44. The van der Waals surface area contributed by atoms with Gasteiger partial charge in [-0.25, -0.2) is 0 Å². The third-order valence-electron chi connectivity index (χ3n) is 20.9. The van der Waals surface area contributed by atoms with E-state index in [0.717, 1.165) is 11.4 Å². The number of hydrogen-bond donors (Lipinski definition) is 0. The highest BCUT2D eigenvalue weighted by Crippen LogP contribution is 2.57. The molecular formula is C97H64N2. The summed E-state index contributed by atoms with van der Waals surface area (Å²) in [7, 11) is 0. The van der Waals surface area contributed by atoms with Gasteiger partial charge in [-0.2, -0.15) is 0 Å². The summed E-state index contributed by atoms with van der Waals surface area (Å²) in [5, 5.41) is 4.91. The molecule has 16 aromatic carbocycles. The highest BCUT2D eigenvalue weighted by Gasteiger charge is 2.46. The number of hydrogen-bond acceptors (Lipinski definition) is 0. The van der Waals surface area contributed by atoms with Gasteiger partial charge in [0.1, 0.15) is 0 Å². The molecule has 19 rings (SSSR count). The summed E-state index contributed by atoms with van der Waals surface area (Å²) in [5.74, 6) is 0. The van der Waals surface area contributed by atoms with Gasteiger partial charge < -0.3 is 9.13 Å². The van der Waals surface area contributed by atoms with Crippen LogP contribution in [0.25, 0.3) is 155 Å². The fourth-order valence-corrected chi connectivity index (χ4v) is 16.1. The summed E-state index contributed by atoms with van der Waals surface area (Å²) in [4.78, 5) is 0. The van der Waals surface area contributed by atoms with Crippen molar-refractivity contribution in [2.45, 2.75) is 5.41 Å². The predicted octanol–water partition coefficient (Wildman–Crippen LogP) is 25.6. The number of rotatable bonds is 12. The van der Waals surface area contributed by atoms with Gasteiger partial charge in [-0.1, -0.05) is 309 Å². The molecule has 0 saturated heterocycles. The number of aromatic nitrogens is 2. The Morgan fingerprint density at radius 1 is 0.162 bits per heavy atom. The molecule has 0 amide bonds. The molecule has 1 aliphatic carbocycles. The lowest BCUT2D eigenvalue weighted by Crippen LogP contribution is -2.28. The lowest BCUT2D eigenvalue weighted by Gasteiger charge is -2.34. The van der Waals surface area contributed by atoms with Crippen LogP contribution >= 0.6 is 0 Å². The van der Waals surface area contributed by atoms with E-state index in [4.69, 9.17) is 0 Å². The highest BCUT2D eigenvalue weighted by atomic mass is 15.0. The number of benzene rings is 16. The molecule has 0 bridgehead atoms. The van der Waals surface area contributed by atoms with Crippen LogP contribution in [0.15, 0.2) is 388 Å². The van der Waals surface area contributed by atoms with Gasteiger partial charge in [0, 0.05) is 32.9 Å². The van der Waals surface area contributed by atoms with Gasteiger partial charge in [-0.05, 0) is 201 Å². The smallest absolute Gasteiger partial charge is 0.0713 e. The third kappa shape index (κ3) is 9.79. The fraction of sp³-hybridized carbons (Fsp3) is 0.0103. The molecule has 0 N–H and O–H groups in total. The van der Waals surface area contributed by atoms with Crippen LogP contribution in [0.3, 0.4) is 0 Å². The molecule has 2 aromatic heterocycles. The van der Waals surface area contributed by atoms with Crippen LogP contribution in [0.1, 0.15) is 22.3 Å². The van der Waals surface area contributed by atoms with E-state index in [1.807, 2.05) is 0 Å². The van der Waals surface area contributed by atoms with Crippen molar-refractivity contribution in [1.82, 2.24) is 9.13 Å². The fourth-order valence-electron chi connectivity index (χ4n) is 16.1. The number of fused-ring (bicyclic) bond motifs is 9. The van der Waals surface area contributed by atoms with Crippen molar-refractivity contribution in [2.24, 2.45) is 0 Å². The highest BCUT2D eigenvalue weighted by molar-refractivity contribution is 6.13. The summed E-state index contributed by atoms with van der Waals surface area (Å²) in [6.45, 7) is 0. The average Bonchev–Trinajstić information content (AvgIpc) is 1.57. The molecule has 0 unspecified atom stereocenters. The third-order valence-corrected chi connectivity index (χ3v) is 20.9. The van der Waals surface area contributed by atoms with Crippen LogP contribution < -0.4 is 0 Å². The van der Waals surface area contributed by atoms with E-state index in [1.54, 1.807) is 0 Å². The topological polar surface area (TPSA) is 9.86 Å². The van der Waals surface area contributed by atoms with Crippen LogP contribution in [0.2, 0.25) is 0 Å². The minimum absolute atomic E-state index is 0.508. The molecule has 1 aliphatic rings. The maximum absolute atomic E-state index is 2.44. The Hall–Kier alpha value is -12.9. The summed E-state index contributed by atoms with van der Waals surface area (Å²) in [6.07, 6.45) is 0. The van der Waals surface area contributed by atoms with Gasteiger partial charge in [0.05, 0.1) is 27.5 Å². The Bertz CT molecular complexity index is 6070.